The van der Waals surface area contributed by atoms with Crippen molar-refractivity contribution in [3.8, 4) is 5.75 Å². The van der Waals surface area contributed by atoms with Crippen LogP contribution in [-0.2, 0) is 0 Å². The number of carbonyl (C=O) groups excluding carboxylic acids is 1. The Hall–Kier alpha value is -4.86. The van der Waals surface area contributed by atoms with Crippen molar-refractivity contribution in [1.29, 1.82) is 0 Å². The van der Waals surface area contributed by atoms with Crippen molar-refractivity contribution in [2.75, 3.05) is 11.4 Å². The molecule has 0 radical (unpaired) electrons. The van der Waals surface area contributed by atoms with Crippen LogP contribution in [-0.4, -0.2) is 39.1 Å². The lowest BCUT2D eigenvalue weighted by Crippen LogP contribution is -2.42. The van der Waals surface area contributed by atoms with Crippen molar-refractivity contribution < 1.29 is 9.53 Å². The molecule has 2 aliphatic rings. The number of benzene rings is 2. The molecule has 3 atom stereocenters. The summed E-state index contributed by atoms with van der Waals surface area (Å²) in [4.78, 5) is 20.5. The van der Waals surface area contributed by atoms with E-state index < -0.39 is 0 Å². The number of hydrogen-bond acceptors (Lipinski definition) is 7. The van der Waals surface area contributed by atoms with Crippen molar-refractivity contribution in [2.24, 2.45) is 16.1 Å². The van der Waals surface area contributed by atoms with Gasteiger partial charge < -0.3 is 20.7 Å². The Kier molecular flexibility index (Phi) is 9.20. The smallest absolute Gasteiger partial charge is 0.320 e. The Morgan fingerprint density at radius 2 is 1.77 bits per heavy atom. The molecule has 4 aromatic rings. The number of nitrogens with one attached hydrogen (secondary N) is 2. The predicted molar refractivity (Wildman–Crippen MR) is 187 cm³/mol. The Balaban J connectivity index is 1.19. The van der Waals surface area contributed by atoms with Gasteiger partial charge in [0, 0.05) is 29.8 Å². The first-order chi connectivity index (χ1) is 22.5. The molecule has 1 fully saturated rings. The number of anilines is 1. The Morgan fingerprint density at radius 1 is 1.00 bits per heavy atom. The van der Waals surface area contributed by atoms with Gasteiger partial charge in [0.05, 0.1) is 17.9 Å². The number of rotatable bonds is 6. The van der Waals surface area contributed by atoms with Gasteiger partial charge in [-0.1, -0.05) is 62.7 Å². The Bertz CT molecular complexity index is 1790. The molecule has 0 unspecified atom stereocenters. The van der Waals surface area contributed by atoms with Crippen molar-refractivity contribution >= 4 is 29.1 Å². The Labute approximate surface area is 277 Å². The molecule has 10 heteroatoms. The van der Waals surface area contributed by atoms with E-state index in [1.807, 2.05) is 86.8 Å². The third kappa shape index (κ3) is 7.42. The van der Waals surface area contributed by atoms with E-state index in [2.05, 4.69) is 44.8 Å². The molecule has 2 amide bonds. The van der Waals surface area contributed by atoms with Crippen LogP contribution in [0.1, 0.15) is 88.6 Å². The number of pyridine rings is 1. The number of amides is 2. The SMILES string of the molecule is Cc1ccc(N=C(C=C(N)C(C)(C)C)NC(=O)N[C@H]2CC[C@@H](Oc3ccc4nnc(N5CCCC[C@@H]5C)n4c3)c3ccccc32)cc1. The summed E-state index contributed by atoms with van der Waals surface area (Å²) in [5.41, 5.74) is 11.5. The monoisotopic (exact) mass is 634 g/mol. The zero-order valence-corrected chi connectivity index (χ0v) is 28.0. The fourth-order valence-electron chi connectivity index (χ4n) is 6.24. The highest BCUT2D eigenvalue weighted by Crippen LogP contribution is 2.39. The van der Waals surface area contributed by atoms with Gasteiger partial charge in [-0.15, -0.1) is 10.2 Å². The van der Waals surface area contributed by atoms with Crippen molar-refractivity contribution in [3.05, 3.63) is 95.3 Å². The number of allylic oxidation sites excluding steroid dienone is 1. The average molecular weight is 635 g/mol. The topological polar surface area (TPSA) is 122 Å². The summed E-state index contributed by atoms with van der Waals surface area (Å²) in [5, 5.41) is 15.1. The van der Waals surface area contributed by atoms with Crippen LogP contribution >= 0.6 is 0 Å². The highest BCUT2D eigenvalue weighted by Gasteiger charge is 2.30. The fraction of sp³-hybridized carbons (Fsp3) is 0.405. The second-order valence-electron chi connectivity index (χ2n) is 13.8. The number of urea groups is 1. The van der Waals surface area contributed by atoms with E-state index in [-0.39, 0.29) is 23.6 Å². The highest BCUT2D eigenvalue weighted by atomic mass is 16.5. The zero-order chi connectivity index (χ0) is 33.1. The molecule has 2 aromatic heterocycles. The van der Waals surface area contributed by atoms with E-state index >= 15 is 0 Å². The molecule has 0 spiro atoms. The minimum absolute atomic E-state index is 0.160. The minimum atomic E-state index is -0.342. The molecular formula is C37H46N8O2. The number of aryl methyl sites for hydroxylation is 1. The zero-order valence-electron chi connectivity index (χ0n) is 28.0. The van der Waals surface area contributed by atoms with Gasteiger partial charge in [-0.05, 0) is 81.3 Å². The number of aromatic nitrogens is 3. The molecule has 1 aliphatic carbocycles. The van der Waals surface area contributed by atoms with Gasteiger partial charge in [-0.25, -0.2) is 9.79 Å². The van der Waals surface area contributed by atoms with Crippen LogP contribution in [0.2, 0.25) is 0 Å². The number of hydrogen-bond donors (Lipinski definition) is 3. The van der Waals surface area contributed by atoms with Gasteiger partial charge in [-0.2, -0.15) is 0 Å². The van der Waals surface area contributed by atoms with Gasteiger partial charge in [0.15, 0.2) is 5.65 Å². The van der Waals surface area contributed by atoms with E-state index in [0.29, 0.717) is 24.0 Å². The molecule has 0 bridgehead atoms. The van der Waals surface area contributed by atoms with E-state index in [9.17, 15) is 4.79 Å². The summed E-state index contributed by atoms with van der Waals surface area (Å²) in [7, 11) is 0. The van der Waals surface area contributed by atoms with Crippen molar-refractivity contribution in [2.45, 2.75) is 84.9 Å². The van der Waals surface area contributed by atoms with Gasteiger partial charge >= 0.3 is 6.03 Å². The molecular weight excluding hydrogens is 588 g/mol. The molecule has 1 saturated heterocycles. The molecule has 2 aromatic carbocycles. The van der Waals surface area contributed by atoms with Gasteiger partial charge in [0.1, 0.15) is 17.7 Å². The maximum absolute atomic E-state index is 13.4. The summed E-state index contributed by atoms with van der Waals surface area (Å²) in [6.45, 7) is 11.3. The number of aliphatic imine (C=N–C) groups is 1. The maximum Gasteiger partial charge on any atom is 0.320 e. The van der Waals surface area contributed by atoms with E-state index in [1.165, 1.54) is 6.42 Å². The first kappa shape index (κ1) is 32.1. The fourth-order valence-corrected chi connectivity index (χ4v) is 6.24. The van der Waals surface area contributed by atoms with E-state index in [0.717, 1.165) is 65.5 Å². The third-order valence-corrected chi connectivity index (χ3v) is 9.12. The van der Waals surface area contributed by atoms with Crippen LogP contribution < -0.4 is 26.0 Å². The van der Waals surface area contributed by atoms with E-state index in [1.54, 1.807) is 6.08 Å². The van der Waals surface area contributed by atoms with Crippen molar-refractivity contribution in [1.82, 2.24) is 25.2 Å². The lowest BCUT2D eigenvalue weighted by Gasteiger charge is -2.33. The standard InChI is InChI=1S/C37H46N8O2/c1-24-13-15-26(16-14-24)39-33(22-32(38)37(3,4)5)41-35(46)40-30-18-19-31(29-12-7-6-11-28(29)30)47-27-17-20-34-42-43-36(45(34)23-27)44-21-9-8-10-25(44)2/h6-7,11-17,20,22-23,25,30-31H,8-10,18-19,21,38H2,1-5H3,(H2,39,40,41,46)/t25-,30-,31+/m0/s1. The maximum atomic E-state index is 13.4. The quantitative estimate of drug-likeness (QED) is 0.151. The van der Waals surface area contributed by atoms with Crippen LogP contribution in [0.3, 0.4) is 0 Å². The van der Waals surface area contributed by atoms with Crippen LogP contribution in [0, 0.1) is 12.3 Å². The summed E-state index contributed by atoms with van der Waals surface area (Å²) in [5.74, 6) is 2.00. The van der Waals surface area contributed by atoms with E-state index in [4.69, 9.17) is 15.5 Å². The van der Waals surface area contributed by atoms with Crippen molar-refractivity contribution in [3.63, 3.8) is 0 Å². The highest BCUT2D eigenvalue weighted by molar-refractivity contribution is 6.05. The normalized spacial score (nSPS) is 20.5. The molecule has 3 heterocycles. The second-order valence-corrected chi connectivity index (χ2v) is 13.8. The number of nitrogens with two attached hydrogens (primary N) is 1. The molecule has 4 N–H and O–H groups in total. The van der Waals surface area contributed by atoms with Crippen LogP contribution in [0.25, 0.3) is 5.65 Å². The number of ether oxygens (including phenoxy) is 1. The number of amidine groups is 1. The summed E-state index contributed by atoms with van der Waals surface area (Å²) in [6.07, 6.45) is 8.58. The number of nitrogens with zero attached hydrogens (tertiary/aromatic N) is 5. The third-order valence-electron chi connectivity index (χ3n) is 9.12. The molecule has 246 valence electrons. The molecule has 47 heavy (non-hydrogen) atoms. The number of fused-ring (bicyclic) bond motifs is 2. The van der Waals surface area contributed by atoms with Gasteiger partial charge in [0.2, 0.25) is 5.95 Å². The van der Waals surface area contributed by atoms with Gasteiger partial charge in [-0.3, -0.25) is 9.72 Å². The number of carbonyl (C=O) groups is 1. The summed E-state index contributed by atoms with van der Waals surface area (Å²) in [6, 6.07) is 19.8. The van der Waals surface area contributed by atoms with Crippen LogP contribution in [0.15, 0.2) is 83.6 Å². The average Bonchev–Trinajstić information content (AvgIpc) is 3.46. The first-order valence-electron chi connectivity index (χ1n) is 16.6. The molecule has 6 rings (SSSR count). The molecule has 10 nitrogen and oxygen atoms in total. The van der Waals surface area contributed by atoms with Crippen LogP contribution in [0.5, 0.6) is 5.75 Å². The lowest BCUT2D eigenvalue weighted by molar-refractivity contribution is 0.171. The summed E-state index contributed by atoms with van der Waals surface area (Å²) >= 11 is 0. The predicted octanol–water partition coefficient (Wildman–Crippen LogP) is 7.29. The molecule has 1 aliphatic heterocycles. The Morgan fingerprint density at radius 3 is 2.51 bits per heavy atom. The van der Waals surface area contributed by atoms with Crippen LogP contribution in [0.4, 0.5) is 16.4 Å². The first-order valence-corrected chi connectivity index (χ1v) is 16.6. The second kappa shape index (κ2) is 13.5. The largest absolute Gasteiger partial charge is 0.484 e. The number of piperidine rings is 1. The summed E-state index contributed by atoms with van der Waals surface area (Å²) < 4.78 is 8.67. The minimum Gasteiger partial charge on any atom is -0.484 e. The molecule has 0 saturated carbocycles. The van der Waals surface area contributed by atoms with Gasteiger partial charge in [0.25, 0.3) is 0 Å². The lowest BCUT2D eigenvalue weighted by atomic mass is 9.85.